The van der Waals surface area contributed by atoms with E-state index in [1.54, 1.807) is 10.7 Å². The summed E-state index contributed by atoms with van der Waals surface area (Å²) in [7, 11) is 0. The third kappa shape index (κ3) is 4.11. The maximum atomic E-state index is 13.0. The first kappa shape index (κ1) is 14.1. The quantitative estimate of drug-likeness (QED) is 0.830. The summed E-state index contributed by atoms with van der Waals surface area (Å²) in [6.07, 6.45) is 4.83. The predicted molar refractivity (Wildman–Crippen MR) is 75.2 cm³/mol. The molecule has 0 aliphatic rings. The van der Waals surface area contributed by atoms with Gasteiger partial charge in [-0.2, -0.15) is 0 Å². The summed E-state index contributed by atoms with van der Waals surface area (Å²) in [5, 5.41) is 8.19. The van der Waals surface area contributed by atoms with Gasteiger partial charge in [0.1, 0.15) is 5.82 Å². The molecular formula is C13H16BrFN4. The van der Waals surface area contributed by atoms with Gasteiger partial charge in [0.25, 0.3) is 0 Å². The van der Waals surface area contributed by atoms with Crippen molar-refractivity contribution < 1.29 is 4.39 Å². The molecule has 0 saturated heterocycles. The number of unbranched alkanes of at least 4 members (excludes halogenated alkanes) is 1. The van der Waals surface area contributed by atoms with E-state index in [2.05, 4.69) is 26.2 Å². The molecule has 19 heavy (non-hydrogen) atoms. The van der Waals surface area contributed by atoms with Gasteiger partial charge in [0.2, 0.25) is 0 Å². The van der Waals surface area contributed by atoms with Gasteiger partial charge in [0, 0.05) is 10.7 Å². The first-order valence-electron chi connectivity index (χ1n) is 6.22. The van der Waals surface area contributed by atoms with Crippen LogP contribution in [0.1, 0.15) is 24.1 Å². The average molecular weight is 327 g/mol. The van der Waals surface area contributed by atoms with Crippen LogP contribution in [0.3, 0.4) is 0 Å². The number of benzene rings is 1. The van der Waals surface area contributed by atoms with E-state index in [1.165, 1.54) is 12.1 Å². The molecular weight excluding hydrogens is 311 g/mol. The van der Waals surface area contributed by atoms with Crippen LogP contribution in [0.2, 0.25) is 0 Å². The van der Waals surface area contributed by atoms with E-state index in [9.17, 15) is 4.39 Å². The minimum atomic E-state index is -0.253. The Morgan fingerprint density at radius 2 is 2.16 bits per heavy atom. The molecule has 6 heteroatoms. The van der Waals surface area contributed by atoms with Crippen LogP contribution in [0.4, 0.5) is 4.39 Å². The fourth-order valence-electron chi connectivity index (χ4n) is 1.81. The minimum Gasteiger partial charge on any atom is -0.330 e. The first-order valence-corrected chi connectivity index (χ1v) is 7.01. The smallest absolute Gasteiger partial charge is 0.124 e. The van der Waals surface area contributed by atoms with Gasteiger partial charge in [-0.05, 0) is 43.5 Å². The lowest BCUT2D eigenvalue weighted by atomic mass is 10.2. The zero-order valence-electron chi connectivity index (χ0n) is 10.5. The van der Waals surface area contributed by atoms with Crippen LogP contribution in [0.25, 0.3) is 0 Å². The summed E-state index contributed by atoms with van der Waals surface area (Å²) in [6, 6.07) is 4.64. The molecule has 1 aromatic heterocycles. The fraction of sp³-hybridized carbons (Fsp3) is 0.385. The van der Waals surface area contributed by atoms with Crippen molar-refractivity contribution in [2.24, 2.45) is 5.73 Å². The number of nitrogens with two attached hydrogens (primary N) is 1. The average Bonchev–Trinajstić information content (AvgIpc) is 2.81. The summed E-state index contributed by atoms with van der Waals surface area (Å²) in [5.41, 5.74) is 7.39. The zero-order valence-corrected chi connectivity index (χ0v) is 12.1. The second-order valence-corrected chi connectivity index (χ2v) is 5.24. The SMILES string of the molecule is NCCCCc1cn(Cc2ccc(F)cc2Br)nn1. The normalized spacial score (nSPS) is 10.9. The summed E-state index contributed by atoms with van der Waals surface area (Å²) >= 11 is 3.35. The highest BCUT2D eigenvalue weighted by molar-refractivity contribution is 9.10. The Kier molecular flexibility index (Phi) is 5.04. The largest absolute Gasteiger partial charge is 0.330 e. The molecule has 0 aliphatic carbocycles. The fourth-order valence-corrected chi connectivity index (χ4v) is 2.28. The van der Waals surface area contributed by atoms with Crippen LogP contribution in [-0.4, -0.2) is 21.5 Å². The first-order chi connectivity index (χ1) is 9.19. The predicted octanol–water partition coefficient (Wildman–Crippen LogP) is 2.51. The van der Waals surface area contributed by atoms with Crippen LogP contribution >= 0.6 is 15.9 Å². The zero-order chi connectivity index (χ0) is 13.7. The molecule has 0 bridgehead atoms. The summed E-state index contributed by atoms with van der Waals surface area (Å²) in [4.78, 5) is 0. The molecule has 1 aromatic carbocycles. The second kappa shape index (κ2) is 6.77. The van der Waals surface area contributed by atoms with Gasteiger partial charge in [-0.3, -0.25) is 0 Å². The Hall–Kier alpha value is -1.27. The second-order valence-electron chi connectivity index (χ2n) is 4.39. The maximum Gasteiger partial charge on any atom is 0.124 e. The molecule has 4 nitrogen and oxygen atoms in total. The van der Waals surface area contributed by atoms with E-state index >= 15 is 0 Å². The summed E-state index contributed by atoms with van der Waals surface area (Å²) in [5.74, 6) is -0.253. The molecule has 2 N–H and O–H groups in total. The minimum absolute atomic E-state index is 0.253. The van der Waals surface area contributed by atoms with Gasteiger partial charge >= 0.3 is 0 Å². The van der Waals surface area contributed by atoms with Crippen molar-refractivity contribution in [3.05, 3.63) is 45.9 Å². The van der Waals surface area contributed by atoms with Crippen LogP contribution in [0.15, 0.2) is 28.9 Å². The molecule has 0 spiro atoms. The Labute approximate surface area is 119 Å². The Morgan fingerprint density at radius 3 is 2.89 bits per heavy atom. The van der Waals surface area contributed by atoms with Crippen molar-refractivity contribution in [2.75, 3.05) is 6.54 Å². The van der Waals surface area contributed by atoms with Crippen LogP contribution in [-0.2, 0) is 13.0 Å². The van der Waals surface area contributed by atoms with Crippen molar-refractivity contribution in [1.29, 1.82) is 0 Å². The van der Waals surface area contributed by atoms with E-state index in [-0.39, 0.29) is 5.82 Å². The van der Waals surface area contributed by atoms with Crippen molar-refractivity contribution in [2.45, 2.75) is 25.8 Å². The van der Waals surface area contributed by atoms with Crippen LogP contribution in [0, 0.1) is 5.82 Å². The highest BCUT2D eigenvalue weighted by Gasteiger charge is 2.05. The molecule has 0 aliphatic heterocycles. The standard InChI is InChI=1S/C13H16BrFN4/c14-13-7-11(15)5-4-10(13)8-19-9-12(17-18-19)3-1-2-6-16/h4-5,7,9H,1-3,6,8,16H2. The number of nitrogens with zero attached hydrogens (tertiary/aromatic N) is 3. The topological polar surface area (TPSA) is 56.7 Å². The van der Waals surface area contributed by atoms with Gasteiger partial charge in [0.15, 0.2) is 0 Å². The number of aryl methyl sites for hydroxylation is 1. The van der Waals surface area contributed by atoms with Crippen LogP contribution < -0.4 is 5.73 Å². The molecule has 1 heterocycles. The molecule has 0 radical (unpaired) electrons. The Bertz CT molecular complexity index is 541. The van der Waals surface area contributed by atoms with Gasteiger partial charge in [-0.15, -0.1) is 5.10 Å². The maximum absolute atomic E-state index is 13.0. The lowest BCUT2D eigenvalue weighted by Crippen LogP contribution is -2.01. The van der Waals surface area contributed by atoms with Gasteiger partial charge in [-0.25, -0.2) is 9.07 Å². The number of rotatable bonds is 6. The number of halogens is 2. The molecule has 0 saturated carbocycles. The van der Waals surface area contributed by atoms with Gasteiger partial charge in [0.05, 0.1) is 12.2 Å². The Morgan fingerprint density at radius 1 is 1.32 bits per heavy atom. The lowest BCUT2D eigenvalue weighted by molar-refractivity contribution is 0.619. The van der Waals surface area contributed by atoms with E-state index in [0.717, 1.165) is 35.0 Å². The van der Waals surface area contributed by atoms with Crippen LogP contribution in [0.5, 0.6) is 0 Å². The van der Waals surface area contributed by atoms with E-state index in [4.69, 9.17) is 5.73 Å². The molecule has 0 fully saturated rings. The lowest BCUT2D eigenvalue weighted by Gasteiger charge is -2.03. The third-order valence-electron chi connectivity index (χ3n) is 2.82. The van der Waals surface area contributed by atoms with Crippen molar-refractivity contribution in [3.63, 3.8) is 0 Å². The molecule has 2 rings (SSSR count). The molecule has 102 valence electrons. The van der Waals surface area contributed by atoms with Gasteiger partial charge < -0.3 is 5.73 Å². The molecule has 0 unspecified atom stereocenters. The molecule has 0 atom stereocenters. The summed E-state index contributed by atoms with van der Waals surface area (Å²) in [6.45, 7) is 1.28. The highest BCUT2D eigenvalue weighted by atomic mass is 79.9. The number of aromatic nitrogens is 3. The molecule has 2 aromatic rings. The monoisotopic (exact) mass is 326 g/mol. The van der Waals surface area contributed by atoms with E-state index in [1.807, 2.05) is 6.20 Å². The number of hydrogen-bond donors (Lipinski definition) is 1. The van der Waals surface area contributed by atoms with Crippen molar-refractivity contribution >= 4 is 15.9 Å². The third-order valence-corrected chi connectivity index (χ3v) is 3.56. The van der Waals surface area contributed by atoms with E-state index in [0.29, 0.717) is 13.1 Å². The Balaban J connectivity index is 1.99. The van der Waals surface area contributed by atoms with E-state index < -0.39 is 0 Å². The molecule has 0 amide bonds. The summed E-state index contributed by atoms with van der Waals surface area (Å²) < 4.78 is 15.5. The van der Waals surface area contributed by atoms with Crippen molar-refractivity contribution in [1.82, 2.24) is 15.0 Å². The highest BCUT2D eigenvalue weighted by Crippen LogP contribution is 2.18. The number of hydrogen-bond acceptors (Lipinski definition) is 3. The van der Waals surface area contributed by atoms with Crippen molar-refractivity contribution in [3.8, 4) is 0 Å². The van der Waals surface area contributed by atoms with Gasteiger partial charge in [-0.1, -0.05) is 27.2 Å².